The molecule has 1 saturated heterocycles. The molecule has 1 fully saturated rings. The Morgan fingerprint density at radius 1 is 1.33 bits per heavy atom. The first-order valence-electron chi connectivity index (χ1n) is 6.34. The Labute approximate surface area is 131 Å². The number of amides is 1. The number of rotatable bonds is 2. The van der Waals surface area contributed by atoms with Gasteiger partial charge in [0.2, 0.25) is 0 Å². The van der Waals surface area contributed by atoms with Gasteiger partial charge in [0.15, 0.2) is 9.84 Å². The minimum atomic E-state index is -3.02. The highest BCUT2D eigenvalue weighted by molar-refractivity contribution is 7.91. The Bertz CT molecular complexity index is 829. The molecule has 1 amide bonds. The van der Waals surface area contributed by atoms with E-state index in [4.69, 9.17) is 23.2 Å². The van der Waals surface area contributed by atoms with Crippen LogP contribution >= 0.6 is 23.2 Å². The van der Waals surface area contributed by atoms with E-state index in [2.05, 4.69) is 10.3 Å². The van der Waals surface area contributed by atoms with E-state index < -0.39 is 9.84 Å². The molecule has 8 heteroatoms. The second-order valence-corrected chi connectivity index (χ2v) is 8.09. The lowest BCUT2D eigenvalue weighted by Gasteiger charge is -2.09. The van der Waals surface area contributed by atoms with Gasteiger partial charge < -0.3 is 10.3 Å². The van der Waals surface area contributed by atoms with Gasteiger partial charge in [0.05, 0.1) is 21.6 Å². The summed E-state index contributed by atoms with van der Waals surface area (Å²) in [5.74, 6) is -0.238. The standard InChI is InChI=1S/C13H12Cl2N2O3S/c14-9-1-2-10-8(12(9)15)5-11(17-10)13(18)16-7-3-4-21(19,20)6-7/h1-2,5,7,17H,3-4,6H2,(H,16,18)/t7-/m1/s1. The highest BCUT2D eigenvalue weighted by atomic mass is 35.5. The number of aromatic amines is 1. The Morgan fingerprint density at radius 3 is 2.76 bits per heavy atom. The number of aromatic nitrogens is 1. The SMILES string of the molecule is O=C(N[C@@H]1CCS(=O)(=O)C1)c1cc2c(Cl)c(Cl)ccc2[nH]1. The Morgan fingerprint density at radius 2 is 2.10 bits per heavy atom. The van der Waals surface area contributed by atoms with E-state index >= 15 is 0 Å². The van der Waals surface area contributed by atoms with Crippen LogP contribution < -0.4 is 5.32 Å². The zero-order valence-electron chi connectivity index (χ0n) is 10.8. The van der Waals surface area contributed by atoms with Gasteiger partial charge in [-0.15, -0.1) is 0 Å². The lowest BCUT2D eigenvalue weighted by Crippen LogP contribution is -2.35. The highest BCUT2D eigenvalue weighted by Crippen LogP contribution is 2.31. The lowest BCUT2D eigenvalue weighted by atomic mass is 10.2. The van der Waals surface area contributed by atoms with Crippen molar-refractivity contribution in [2.75, 3.05) is 11.5 Å². The highest BCUT2D eigenvalue weighted by Gasteiger charge is 2.29. The van der Waals surface area contributed by atoms with Crippen LogP contribution in [0.4, 0.5) is 0 Å². The maximum Gasteiger partial charge on any atom is 0.267 e. The molecule has 1 aliphatic heterocycles. The van der Waals surface area contributed by atoms with Gasteiger partial charge in [0, 0.05) is 16.9 Å². The van der Waals surface area contributed by atoms with E-state index in [9.17, 15) is 13.2 Å². The molecule has 2 aromatic rings. The van der Waals surface area contributed by atoms with Gasteiger partial charge in [-0.1, -0.05) is 23.2 Å². The normalized spacial score (nSPS) is 20.8. The zero-order valence-corrected chi connectivity index (χ0v) is 13.1. The fourth-order valence-corrected chi connectivity index (χ4v) is 4.49. The van der Waals surface area contributed by atoms with Crippen LogP contribution in [0.2, 0.25) is 10.0 Å². The number of nitrogens with one attached hydrogen (secondary N) is 2. The van der Waals surface area contributed by atoms with E-state index in [1.54, 1.807) is 18.2 Å². The Kier molecular flexibility index (Phi) is 3.63. The quantitative estimate of drug-likeness (QED) is 0.876. The minimum Gasteiger partial charge on any atom is -0.350 e. The molecule has 0 spiro atoms. The summed E-state index contributed by atoms with van der Waals surface area (Å²) in [5, 5.41) is 4.18. The van der Waals surface area contributed by atoms with E-state index in [-0.39, 0.29) is 23.5 Å². The van der Waals surface area contributed by atoms with Crippen LogP contribution in [0.1, 0.15) is 16.9 Å². The average molecular weight is 347 g/mol. The molecule has 1 atom stereocenters. The molecule has 0 unspecified atom stereocenters. The maximum atomic E-state index is 12.2. The van der Waals surface area contributed by atoms with E-state index in [1.807, 2.05) is 0 Å². The first-order valence-corrected chi connectivity index (χ1v) is 8.91. The lowest BCUT2D eigenvalue weighted by molar-refractivity contribution is 0.0937. The van der Waals surface area contributed by atoms with Crippen molar-refractivity contribution in [2.45, 2.75) is 12.5 Å². The van der Waals surface area contributed by atoms with Crippen LogP contribution in [0, 0.1) is 0 Å². The number of sulfone groups is 1. The van der Waals surface area contributed by atoms with Crippen LogP contribution in [0.5, 0.6) is 0 Å². The van der Waals surface area contributed by atoms with E-state index in [0.717, 1.165) is 0 Å². The number of halogens is 2. The van der Waals surface area contributed by atoms with Crippen molar-refractivity contribution in [3.63, 3.8) is 0 Å². The fourth-order valence-electron chi connectivity index (χ4n) is 2.44. The maximum absolute atomic E-state index is 12.2. The van der Waals surface area contributed by atoms with Crippen molar-refractivity contribution in [3.05, 3.63) is 33.9 Å². The summed E-state index contributed by atoms with van der Waals surface area (Å²) in [6, 6.07) is 4.66. The van der Waals surface area contributed by atoms with Crippen molar-refractivity contribution in [1.82, 2.24) is 10.3 Å². The molecule has 2 heterocycles. The van der Waals surface area contributed by atoms with Gasteiger partial charge >= 0.3 is 0 Å². The summed E-state index contributed by atoms with van der Waals surface area (Å²) in [6.07, 6.45) is 0.445. The summed E-state index contributed by atoms with van der Waals surface area (Å²) in [4.78, 5) is 15.1. The first kappa shape index (κ1) is 14.7. The molecule has 112 valence electrons. The molecule has 1 aliphatic rings. The predicted octanol–water partition coefficient (Wildman–Crippen LogP) is 2.39. The van der Waals surface area contributed by atoms with Gasteiger partial charge in [-0.3, -0.25) is 4.79 Å². The molecule has 5 nitrogen and oxygen atoms in total. The number of H-pyrrole nitrogens is 1. The number of benzene rings is 1. The molecule has 1 aromatic carbocycles. The molecule has 0 radical (unpaired) electrons. The van der Waals surface area contributed by atoms with Gasteiger partial charge in [-0.2, -0.15) is 0 Å². The summed E-state index contributed by atoms with van der Waals surface area (Å²) >= 11 is 12.0. The monoisotopic (exact) mass is 346 g/mol. The topological polar surface area (TPSA) is 79.0 Å². The van der Waals surface area contributed by atoms with Crippen LogP contribution in [0.15, 0.2) is 18.2 Å². The molecule has 21 heavy (non-hydrogen) atoms. The molecule has 1 aromatic heterocycles. The van der Waals surface area contributed by atoms with Gasteiger partial charge in [-0.25, -0.2) is 8.42 Å². The van der Waals surface area contributed by atoms with E-state index in [0.29, 0.717) is 33.1 Å². The number of hydrogen-bond donors (Lipinski definition) is 2. The number of carbonyl (C=O) groups excluding carboxylic acids is 1. The zero-order chi connectivity index (χ0) is 15.2. The molecule has 0 aliphatic carbocycles. The summed E-state index contributed by atoms with van der Waals surface area (Å²) < 4.78 is 22.8. The van der Waals surface area contributed by atoms with Crippen LogP contribution in [0.3, 0.4) is 0 Å². The van der Waals surface area contributed by atoms with Gasteiger partial charge in [0.1, 0.15) is 5.69 Å². The molecular weight excluding hydrogens is 335 g/mol. The molecule has 3 rings (SSSR count). The van der Waals surface area contributed by atoms with Crippen LogP contribution in [-0.2, 0) is 9.84 Å². The predicted molar refractivity (Wildman–Crippen MR) is 82.8 cm³/mol. The smallest absolute Gasteiger partial charge is 0.267 e. The van der Waals surface area contributed by atoms with Gasteiger partial charge in [-0.05, 0) is 24.6 Å². The summed E-state index contributed by atoms with van der Waals surface area (Å²) in [6.45, 7) is 0. The molecule has 0 saturated carbocycles. The van der Waals surface area contributed by atoms with Crippen LogP contribution in [0.25, 0.3) is 10.9 Å². The summed E-state index contributed by atoms with van der Waals surface area (Å²) in [5.41, 5.74) is 1.03. The fraction of sp³-hybridized carbons (Fsp3) is 0.308. The number of fused-ring (bicyclic) bond motifs is 1. The second-order valence-electron chi connectivity index (χ2n) is 5.08. The van der Waals surface area contributed by atoms with E-state index in [1.165, 1.54) is 0 Å². The summed E-state index contributed by atoms with van der Waals surface area (Å²) in [7, 11) is -3.02. The molecule has 0 bridgehead atoms. The number of carbonyl (C=O) groups is 1. The first-order chi connectivity index (χ1) is 9.85. The molecule has 2 N–H and O–H groups in total. The third-order valence-electron chi connectivity index (χ3n) is 3.50. The van der Waals surface area contributed by atoms with Crippen molar-refractivity contribution in [2.24, 2.45) is 0 Å². The largest absolute Gasteiger partial charge is 0.350 e. The Balaban J connectivity index is 1.84. The van der Waals surface area contributed by atoms with Crippen molar-refractivity contribution < 1.29 is 13.2 Å². The average Bonchev–Trinajstić information content (AvgIpc) is 2.98. The Hall–Kier alpha value is -1.24. The van der Waals surface area contributed by atoms with Gasteiger partial charge in [0.25, 0.3) is 5.91 Å². The van der Waals surface area contributed by atoms with Crippen LogP contribution in [-0.4, -0.2) is 36.9 Å². The van der Waals surface area contributed by atoms with Crippen molar-refractivity contribution in [3.8, 4) is 0 Å². The molecular formula is C13H12Cl2N2O3S. The second kappa shape index (κ2) is 5.19. The third kappa shape index (κ3) is 2.88. The van der Waals surface area contributed by atoms with Crippen molar-refractivity contribution in [1.29, 1.82) is 0 Å². The number of hydrogen-bond acceptors (Lipinski definition) is 3. The third-order valence-corrected chi connectivity index (χ3v) is 6.09. The van der Waals surface area contributed by atoms with Crippen molar-refractivity contribution >= 4 is 49.8 Å². The minimum absolute atomic E-state index is 0.00838.